The lowest BCUT2D eigenvalue weighted by Crippen LogP contribution is -2.32. The van der Waals surface area contributed by atoms with E-state index in [0.29, 0.717) is 24.1 Å². The fourth-order valence-electron chi connectivity index (χ4n) is 3.07. The minimum Gasteiger partial charge on any atom is -0.331 e. The zero-order chi connectivity index (χ0) is 16.0. The van der Waals surface area contributed by atoms with Crippen LogP contribution in [0.25, 0.3) is 11.0 Å². The van der Waals surface area contributed by atoms with Gasteiger partial charge < -0.3 is 4.57 Å². The topological polar surface area (TPSA) is 55.2 Å². The molecule has 2 heterocycles. The first-order valence-corrected chi connectivity index (χ1v) is 7.52. The average molecular weight is 305 g/mol. The molecule has 0 unspecified atom stereocenters. The predicted octanol–water partition coefficient (Wildman–Crippen LogP) is 2.41. The first-order valence-electron chi connectivity index (χ1n) is 7.52. The molecule has 5 nitrogen and oxygen atoms in total. The van der Waals surface area contributed by atoms with Gasteiger partial charge in [-0.1, -0.05) is 24.3 Å². The molecule has 1 aliphatic rings. The number of carbonyl (C=O) groups is 2. The van der Waals surface area contributed by atoms with Crippen LogP contribution in [0.15, 0.2) is 48.5 Å². The van der Waals surface area contributed by atoms with Crippen molar-refractivity contribution < 1.29 is 9.59 Å². The van der Waals surface area contributed by atoms with Crippen LogP contribution >= 0.6 is 0 Å². The molecular weight excluding hydrogens is 290 g/mol. The van der Waals surface area contributed by atoms with Crippen molar-refractivity contribution in [2.45, 2.75) is 6.42 Å². The van der Waals surface area contributed by atoms with Gasteiger partial charge in [-0.3, -0.25) is 14.5 Å². The number of aromatic nitrogens is 2. The summed E-state index contributed by atoms with van der Waals surface area (Å²) >= 11 is 0. The van der Waals surface area contributed by atoms with Gasteiger partial charge in [0.05, 0.1) is 22.2 Å². The molecule has 0 spiro atoms. The maximum absolute atomic E-state index is 12.4. The van der Waals surface area contributed by atoms with Crippen LogP contribution in [0.4, 0.5) is 0 Å². The fraction of sp³-hybridized carbons (Fsp3) is 0.167. The summed E-state index contributed by atoms with van der Waals surface area (Å²) in [5.74, 6) is 0.427. The van der Waals surface area contributed by atoms with Crippen molar-refractivity contribution in [2.24, 2.45) is 7.05 Å². The first-order chi connectivity index (χ1) is 11.2. The Morgan fingerprint density at radius 3 is 2.17 bits per heavy atom. The standard InChI is InChI=1S/C18H15N3O2/c1-20-15-9-5-4-8-14(15)19-16(20)10-11-21-17(22)12-6-2-3-7-13(12)18(21)23/h2-9H,10-11H2,1H3. The minimum atomic E-state index is -0.218. The summed E-state index contributed by atoms with van der Waals surface area (Å²) in [6, 6.07) is 14.8. The van der Waals surface area contributed by atoms with Gasteiger partial charge in [0.1, 0.15) is 5.82 Å². The highest BCUT2D eigenvalue weighted by Gasteiger charge is 2.34. The molecule has 4 rings (SSSR count). The number of imide groups is 1. The number of fused-ring (bicyclic) bond motifs is 2. The molecule has 0 aliphatic carbocycles. The number of imidazole rings is 1. The van der Waals surface area contributed by atoms with Gasteiger partial charge >= 0.3 is 0 Å². The van der Waals surface area contributed by atoms with E-state index in [1.165, 1.54) is 4.90 Å². The SMILES string of the molecule is Cn1c(CCN2C(=O)c3ccccc3C2=O)nc2ccccc21. The summed E-state index contributed by atoms with van der Waals surface area (Å²) in [6.45, 7) is 0.337. The Hall–Kier alpha value is -2.95. The van der Waals surface area contributed by atoms with Crippen LogP contribution in [-0.2, 0) is 13.5 Å². The number of hydrogen-bond donors (Lipinski definition) is 0. The average Bonchev–Trinajstić information content (AvgIpc) is 3.02. The Bertz CT molecular complexity index is 907. The van der Waals surface area contributed by atoms with Crippen molar-refractivity contribution in [2.75, 3.05) is 6.54 Å². The quantitative estimate of drug-likeness (QED) is 0.698. The van der Waals surface area contributed by atoms with Gasteiger partial charge in [-0.25, -0.2) is 4.98 Å². The summed E-state index contributed by atoms with van der Waals surface area (Å²) < 4.78 is 2.01. The smallest absolute Gasteiger partial charge is 0.261 e. The largest absolute Gasteiger partial charge is 0.331 e. The number of rotatable bonds is 3. The van der Waals surface area contributed by atoms with Crippen LogP contribution in [0.2, 0.25) is 0 Å². The summed E-state index contributed by atoms with van der Waals surface area (Å²) in [5, 5.41) is 0. The van der Waals surface area contributed by atoms with E-state index in [2.05, 4.69) is 4.98 Å². The summed E-state index contributed by atoms with van der Waals surface area (Å²) in [7, 11) is 1.95. The van der Waals surface area contributed by atoms with Crippen molar-refractivity contribution in [3.63, 3.8) is 0 Å². The van der Waals surface area contributed by atoms with E-state index in [1.54, 1.807) is 24.3 Å². The molecule has 0 bridgehead atoms. The van der Waals surface area contributed by atoms with Gasteiger partial charge in [-0.15, -0.1) is 0 Å². The van der Waals surface area contributed by atoms with Crippen LogP contribution < -0.4 is 0 Å². The maximum Gasteiger partial charge on any atom is 0.261 e. The van der Waals surface area contributed by atoms with E-state index in [1.807, 2.05) is 35.9 Å². The Kier molecular flexibility index (Phi) is 3.01. The molecule has 114 valence electrons. The van der Waals surface area contributed by atoms with Crippen LogP contribution in [-0.4, -0.2) is 32.8 Å². The molecule has 0 saturated carbocycles. The van der Waals surface area contributed by atoms with Crippen molar-refractivity contribution in [3.05, 3.63) is 65.5 Å². The maximum atomic E-state index is 12.4. The van der Waals surface area contributed by atoms with E-state index < -0.39 is 0 Å². The minimum absolute atomic E-state index is 0.218. The highest BCUT2D eigenvalue weighted by molar-refractivity contribution is 6.21. The van der Waals surface area contributed by atoms with Gasteiger partial charge in [-0.05, 0) is 24.3 Å². The van der Waals surface area contributed by atoms with E-state index in [-0.39, 0.29) is 11.8 Å². The molecule has 0 atom stereocenters. The molecule has 23 heavy (non-hydrogen) atoms. The lowest BCUT2D eigenvalue weighted by Gasteiger charge is -2.13. The molecule has 5 heteroatoms. The van der Waals surface area contributed by atoms with Crippen LogP contribution in [0.3, 0.4) is 0 Å². The highest BCUT2D eigenvalue weighted by atomic mass is 16.2. The third-order valence-electron chi connectivity index (χ3n) is 4.32. The molecule has 0 fully saturated rings. The van der Waals surface area contributed by atoms with E-state index in [9.17, 15) is 9.59 Å². The monoisotopic (exact) mass is 305 g/mol. The zero-order valence-electron chi connectivity index (χ0n) is 12.7. The lowest BCUT2D eigenvalue weighted by molar-refractivity contribution is 0.0655. The first kappa shape index (κ1) is 13.7. The summed E-state index contributed by atoms with van der Waals surface area (Å²) in [5.41, 5.74) is 2.95. The number of aryl methyl sites for hydroxylation is 1. The van der Waals surface area contributed by atoms with E-state index in [4.69, 9.17) is 0 Å². The molecular formula is C18H15N3O2. The second-order valence-electron chi connectivity index (χ2n) is 5.63. The number of benzene rings is 2. The Labute approximate surface area is 133 Å². The summed E-state index contributed by atoms with van der Waals surface area (Å²) in [6.07, 6.45) is 0.538. The van der Waals surface area contributed by atoms with E-state index in [0.717, 1.165) is 16.9 Å². The van der Waals surface area contributed by atoms with Crippen molar-refractivity contribution in [1.29, 1.82) is 0 Å². The number of hydrogen-bond acceptors (Lipinski definition) is 3. The molecule has 0 N–H and O–H groups in total. The third kappa shape index (κ3) is 2.04. The van der Waals surface area contributed by atoms with Gasteiger partial charge in [0.2, 0.25) is 0 Å². The molecule has 0 saturated heterocycles. The Morgan fingerprint density at radius 1 is 0.913 bits per heavy atom. The molecule has 1 aliphatic heterocycles. The third-order valence-corrected chi connectivity index (χ3v) is 4.32. The number of carbonyl (C=O) groups excluding carboxylic acids is 2. The van der Waals surface area contributed by atoms with Crippen LogP contribution in [0.1, 0.15) is 26.5 Å². The molecule has 2 amide bonds. The second kappa shape index (κ2) is 5.05. The highest BCUT2D eigenvalue weighted by Crippen LogP contribution is 2.23. The number of nitrogens with zero attached hydrogens (tertiary/aromatic N) is 3. The van der Waals surface area contributed by atoms with Crippen molar-refractivity contribution in [1.82, 2.24) is 14.5 Å². The second-order valence-corrected chi connectivity index (χ2v) is 5.63. The molecule has 2 aromatic carbocycles. The van der Waals surface area contributed by atoms with E-state index >= 15 is 0 Å². The number of para-hydroxylation sites is 2. The van der Waals surface area contributed by atoms with Crippen molar-refractivity contribution in [3.8, 4) is 0 Å². The molecule has 3 aromatic rings. The Balaban J connectivity index is 1.59. The number of amides is 2. The van der Waals surface area contributed by atoms with Gasteiger partial charge in [0.25, 0.3) is 11.8 Å². The lowest BCUT2D eigenvalue weighted by atomic mass is 10.1. The zero-order valence-corrected chi connectivity index (χ0v) is 12.7. The van der Waals surface area contributed by atoms with Gasteiger partial charge in [0, 0.05) is 20.0 Å². The van der Waals surface area contributed by atoms with Crippen LogP contribution in [0, 0.1) is 0 Å². The van der Waals surface area contributed by atoms with Crippen LogP contribution in [0.5, 0.6) is 0 Å². The molecule has 1 aromatic heterocycles. The fourth-order valence-corrected chi connectivity index (χ4v) is 3.07. The van der Waals surface area contributed by atoms with Gasteiger partial charge in [-0.2, -0.15) is 0 Å². The Morgan fingerprint density at radius 2 is 1.52 bits per heavy atom. The molecule has 0 radical (unpaired) electrons. The van der Waals surface area contributed by atoms with Gasteiger partial charge in [0.15, 0.2) is 0 Å². The predicted molar refractivity (Wildman–Crippen MR) is 86.2 cm³/mol. The van der Waals surface area contributed by atoms with Crippen molar-refractivity contribution >= 4 is 22.8 Å². The summed E-state index contributed by atoms with van der Waals surface area (Å²) in [4.78, 5) is 30.6. The normalized spacial score (nSPS) is 13.9.